The molecule has 2 fully saturated rings. The molecule has 5 nitrogen and oxygen atoms in total. The van der Waals surface area contributed by atoms with E-state index in [4.69, 9.17) is 19.3 Å². The van der Waals surface area contributed by atoms with Gasteiger partial charge in [0, 0.05) is 5.56 Å². The quantitative estimate of drug-likeness (QED) is 0.752. The van der Waals surface area contributed by atoms with Crippen molar-refractivity contribution in [2.75, 3.05) is 6.61 Å². The number of rotatable bonds is 2. The van der Waals surface area contributed by atoms with Gasteiger partial charge in [-0.15, -0.1) is 0 Å². The number of esters is 1. The summed E-state index contributed by atoms with van der Waals surface area (Å²) in [5.74, 6) is -0.465. The van der Waals surface area contributed by atoms with Crippen LogP contribution in [0.3, 0.4) is 0 Å². The number of hydrogen-bond acceptors (Lipinski definition) is 5. The van der Waals surface area contributed by atoms with E-state index in [-0.39, 0.29) is 6.61 Å². The van der Waals surface area contributed by atoms with Crippen molar-refractivity contribution in [2.45, 2.75) is 24.6 Å². The standard InChI is InChI=1S/C12H12O5/c13-6-8-9-10(11(14)15-8)17-12(16-9)7-4-2-1-3-5-7/h1-5,8-10,12-13H,6H2/t8-,9-,10-,12-/m1/s1. The molecule has 0 unspecified atom stereocenters. The maximum Gasteiger partial charge on any atom is 0.338 e. The van der Waals surface area contributed by atoms with Crippen LogP contribution in [0.5, 0.6) is 0 Å². The van der Waals surface area contributed by atoms with Gasteiger partial charge in [-0.3, -0.25) is 0 Å². The van der Waals surface area contributed by atoms with Gasteiger partial charge in [-0.2, -0.15) is 0 Å². The molecule has 17 heavy (non-hydrogen) atoms. The maximum atomic E-state index is 11.5. The molecule has 1 aromatic carbocycles. The Hall–Kier alpha value is -1.43. The van der Waals surface area contributed by atoms with Crippen LogP contribution in [0.2, 0.25) is 0 Å². The first kappa shape index (κ1) is 10.7. The van der Waals surface area contributed by atoms with Crippen molar-refractivity contribution in [1.29, 1.82) is 0 Å². The molecule has 2 heterocycles. The van der Waals surface area contributed by atoms with Gasteiger partial charge in [0.1, 0.15) is 6.10 Å². The minimum absolute atomic E-state index is 0.252. The molecule has 90 valence electrons. The average Bonchev–Trinajstić information content (AvgIpc) is 2.92. The van der Waals surface area contributed by atoms with E-state index in [1.807, 2.05) is 30.3 Å². The number of aliphatic hydroxyl groups is 1. The predicted octanol–water partition coefficient (Wildman–Crippen LogP) is 0.387. The molecule has 0 amide bonds. The van der Waals surface area contributed by atoms with Gasteiger partial charge in [-0.25, -0.2) is 4.79 Å². The zero-order valence-corrected chi connectivity index (χ0v) is 8.98. The summed E-state index contributed by atoms with van der Waals surface area (Å²) in [4.78, 5) is 11.5. The van der Waals surface area contributed by atoms with Gasteiger partial charge in [0.25, 0.3) is 0 Å². The van der Waals surface area contributed by atoms with Crippen molar-refractivity contribution >= 4 is 5.97 Å². The molecule has 1 N–H and O–H groups in total. The second-order valence-corrected chi connectivity index (χ2v) is 4.06. The SMILES string of the molecule is O=C1O[C@H](CO)[C@H]2O[C@@H](c3ccccc3)O[C@@H]12. The van der Waals surface area contributed by atoms with Gasteiger partial charge in [0.05, 0.1) is 6.61 Å². The van der Waals surface area contributed by atoms with Crippen LogP contribution < -0.4 is 0 Å². The molecule has 4 atom stereocenters. The number of cyclic esters (lactones) is 1. The highest BCUT2D eigenvalue weighted by molar-refractivity contribution is 5.78. The topological polar surface area (TPSA) is 65.0 Å². The molecule has 0 aromatic heterocycles. The first-order valence-electron chi connectivity index (χ1n) is 5.47. The van der Waals surface area contributed by atoms with Gasteiger partial charge in [-0.1, -0.05) is 30.3 Å². The Morgan fingerprint density at radius 3 is 2.65 bits per heavy atom. The molecule has 0 bridgehead atoms. The molecule has 1 aromatic rings. The van der Waals surface area contributed by atoms with E-state index in [0.29, 0.717) is 0 Å². The Bertz CT molecular complexity index is 418. The number of hydrogen-bond donors (Lipinski definition) is 1. The predicted molar refractivity (Wildman–Crippen MR) is 55.9 cm³/mol. The minimum atomic E-state index is -0.725. The summed E-state index contributed by atoms with van der Waals surface area (Å²) in [6.45, 7) is -0.252. The van der Waals surface area contributed by atoms with Crippen LogP contribution in [0.4, 0.5) is 0 Å². The Balaban J connectivity index is 1.80. The van der Waals surface area contributed by atoms with Crippen LogP contribution in [0, 0.1) is 0 Å². The lowest BCUT2D eigenvalue weighted by Crippen LogP contribution is -2.30. The molecular formula is C12H12O5. The number of ether oxygens (including phenoxy) is 3. The van der Waals surface area contributed by atoms with Gasteiger partial charge >= 0.3 is 5.97 Å². The van der Waals surface area contributed by atoms with Gasteiger partial charge in [0.15, 0.2) is 18.5 Å². The van der Waals surface area contributed by atoms with Crippen molar-refractivity contribution in [3.63, 3.8) is 0 Å². The van der Waals surface area contributed by atoms with Gasteiger partial charge < -0.3 is 19.3 Å². The van der Waals surface area contributed by atoms with E-state index in [1.54, 1.807) is 0 Å². The average molecular weight is 236 g/mol. The lowest BCUT2D eigenvalue weighted by Gasteiger charge is -2.15. The van der Waals surface area contributed by atoms with E-state index in [0.717, 1.165) is 5.56 Å². The zero-order valence-electron chi connectivity index (χ0n) is 8.98. The summed E-state index contributed by atoms with van der Waals surface area (Å²) >= 11 is 0. The number of carbonyl (C=O) groups excluding carboxylic acids is 1. The van der Waals surface area contributed by atoms with Crippen LogP contribution >= 0.6 is 0 Å². The fourth-order valence-electron chi connectivity index (χ4n) is 2.12. The molecule has 0 saturated carbocycles. The monoisotopic (exact) mass is 236 g/mol. The Labute approximate surface area is 97.9 Å². The van der Waals surface area contributed by atoms with E-state index in [2.05, 4.69) is 0 Å². The van der Waals surface area contributed by atoms with Crippen molar-refractivity contribution in [2.24, 2.45) is 0 Å². The molecule has 5 heteroatoms. The number of benzene rings is 1. The highest BCUT2D eigenvalue weighted by Gasteiger charge is 2.53. The third-order valence-electron chi connectivity index (χ3n) is 2.97. The highest BCUT2D eigenvalue weighted by atomic mass is 16.8. The molecule has 2 aliphatic heterocycles. The zero-order chi connectivity index (χ0) is 11.8. The number of fused-ring (bicyclic) bond motifs is 1. The van der Waals surface area contributed by atoms with Crippen LogP contribution in [0.25, 0.3) is 0 Å². The summed E-state index contributed by atoms with van der Waals surface area (Å²) in [6.07, 6.45) is -2.43. The first-order valence-corrected chi connectivity index (χ1v) is 5.47. The van der Waals surface area contributed by atoms with Crippen molar-refractivity contribution in [3.05, 3.63) is 35.9 Å². The van der Waals surface area contributed by atoms with Crippen LogP contribution in [0.15, 0.2) is 30.3 Å². The van der Waals surface area contributed by atoms with Gasteiger partial charge in [0.2, 0.25) is 0 Å². The third kappa shape index (κ3) is 1.72. The smallest absolute Gasteiger partial charge is 0.338 e. The molecule has 0 aliphatic carbocycles. The molecule has 0 spiro atoms. The lowest BCUT2D eigenvalue weighted by atomic mass is 10.1. The van der Waals surface area contributed by atoms with E-state index in [1.165, 1.54) is 0 Å². The minimum Gasteiger partial charge on any atom is -0.455 e. The molecule has 2 saturated heterocycles. The second-order valence-electron chi connectivity index (χ2n) is 4.06. The van der Waals surface area contributed by atoms with Crippen molar-refractivity contribution in [1.82, 2.24) is 0 Å². The number of aliphatic hydroxyl groups excluding tert-OH is 1. The van der Waals surface area contributed by atoms with Crippen LogP contribution in [-0.4, -0.2) is 36.0 Å². The summed E-state index contributed by atoms with van der Waals surface area (Å²) in [6, 6.07) is 9.37. The Morgan fingerprint density at radius 1 is 1.18 bits per heavy atom. The Morgan fingerprint density at radius 2 is 1.94 bits per heavy atom. The normalized spacial score (nSPS) is 35.7. The van der Waals surface area contributed by atoms with Crippen LogP contribution in [0.1, 0.15) is 11.9 Å². The van der Waals surface area contributed by atoms with Crippen LogP contribution in [-0.2, 0) is 19.0 Å². The van der Waals surface area contributed by atoms with E-state index >= 15 is 0 Å². The number of carbonyl (C=O) groups is 1. The largest absolute Gasteiger partial charge is 0.455 e. The highest BCUT2D eigenvalue weighted by Crippen LogP contribution is 2.37. The molecule has 0 radical (unpaired) electrons. The summed E-state index contributed by atoms with van der Waals surface area (Å²) in [7, 11) is 0. The Kier molecular flexibility index (Phi) is 2.58. The summed E-state index contributed by atoms with van der Waals surface area (Å²) in [5, 5.41) is 9.07. The summed E-state index contributed by atoms with van der Waals surface area (Å²) < 4.78 is 16.0. The lowest BCUT2D eigenvalue weighted by molar-refractivity contribution is -0.164. The first-order chi connectivity index (χ1) is 8.29. The molecular weight excluding hydrogens is 224 g/mol. The molecule has 3 rings (SSSR count). The van der Waals surface area contributed by atoms with Crippen molar-refractivity contribution < 1.29 is 24.1 Å². The third-order valence-corrected chi connectivity index (χ3v) is 2.97. The van der Waals surface area contributed by atoms with E-state index < -0.39 is 30.6 Å². The van der Waals surface area contributed by atoms with Gasteiger partial charge in [-0.05, 0) is 0 Å². The molecule has 2 aliphatic rings. The maximum absolute atomic E-state index is 11.5. The summed E-state index contributed by atoms with van der Waals surface area (Å²) in [5.41, 5.74) is 0.853. The fraction of sp³-hybridized carbons (Fsp3) is 0.417. The second kappa shape index (κ2) is 4.10. The fourth-order valence-corrected chi connectivity index (χ4v) is 2.12. The van der Waals surface area contributed by atoms with Crippen molar-refractivity contribution in [3.8, 4) is 0 Å². The van der Waals surface area contributed by atoms with E-state index in [9.17, 15) is 4.79 Å².